The zero-order valence-electron chi connectivity index (χ0n) is 9.35. The Balaban J connectivity index is 2.22. The first kappa shape index (κ1) is 10.7. The lowest BCUT2D eigenvalue weighted by Crippen LogP contribution is -2.04. The third-order valence-corrected chi connectivity index (χ3v) is 3.01. The fourth-order valence-corrected chi connectivity index (χ4v) is 2.11. The average molecular weight is 251 g/mol. The molecule has 0 aliphatic carbocycles. The van der Waals surface area contributed by atoms with Crippen LogP contribution < -0.4 is 0 Å². The molecule has 0 saturated heterocycles. The van der Waals surface area contributed by atoms with Crippen molar-refractivity contribution in [2.75, 3.05) is 13.2 Å². The van der Waals surface area contributed by atoms with Crippen molar-refractivity contribution in [3.05, 3.63) is 23.3 Å². The molecule has 0 unspecified atom stereocenters. The van der Waals surface area contributed by atoms with Gasteiger partial charge in [0.1, 0.15) is 16.7 Å². The normalized spacial score (nSPS) is 16.2. The van der Waals surface area contributed by atoms with Gasteiger partial charge in [-0.3, -0.25) is 4.68 Å². The summed E-state index contributed by atoms with van der Waals surface area (Å²) < 4.78 is 7.07. The molecule has 6 heteroatoms. The first-order valence-electron chi connectivity index (χ1n) is 5.38. The van der Waals surface area contributed by atoms with Crippen LogP contribution in [0.5, 0.6) is 0 Å². The summed E-state index contributed by atoms with van der Waals surface area (Å²) in [6.45, 7) is 1.36. The van der Waals surface area contributed by atoms with Crippen LogP contribution in [0.3, 0.4) is 0 Å². The Bertz CT molecular complexity index is 605. The third kappa shape index (κ3) is 1.81. The molecule has 3 heterocycles. The van der Waals surface area contributed by atoms with Crippen molar-refractivity contribution in [1.82, 2.24) is 19.7 Å². The highest BCUT2D eigenvalue weighted by Gasteiger charge is 2.16. The Hall–Kier alpha value is -1.46. The molecule has 1 aliphatic rings. The minimum absolute atomic E-state index is 0.249. The van der Waals surface area contributed by atoms with Gasteiger partial charge in [0.15, 0.2) is 0 Å². The minimum atomic E-state index is 0.249. The van der Waals surface area contributed by atoms with Crippen molar-refractivity contribution in [2.24, 2.45) is 7.05 Å². The van der Waals surface area contributed by atoms with E-state index in [1.807, 2.05) is 13.1 Å². The molecule has 0 bridgehead atoms. The van der Waals surface area contributed by atoms with E-state index in [0.717, 1.165) is 35.3 Å². The predicted molar refractivity (Wildman–Crippen MR) is 64.7 cm³/mol. The molecule has 0 atom stereocenters. The molecule has 2 aromatic heterocycles. The average Bonchev–Trinajstić information content (AvgIpc) is 2.67. The van der Waals surface area contributed by atoms with Crippen LogP contribution in [0.2, 0.25) is 5.28 Å². The summed E-state index contributed by atoms with van der Waals surface area (Å²) in [6.07, 6.45) is 4.59. The quantitative estimate of drug-likeness (QED) is 0.725. The molecule has 17 heavy (non-hydrogen) atoms. The van der Waals surface area contributed by atoms with Crippen molar-refractivity contribution in [1.29, 1.82) is 0 Å². The number of hydrogen-bond donors (Lipinski definition) is 0. The number of halogens is 1. The van der Waals surface area contributed by atoms with Crippen LogP contribution in [-0.2, 0) is 11.8 Å². The SMILES string of the molecule is Cn1nc(C2=CCOCC2)c2nc(Cl)ncc21. The lowest BCUT2D eigenvalue weighted by molar-refractivity contribution is 0.161. The molecule has 0 radical (unpaired) electrons. The lowest BCUT2D eigenvalue weighted by atomic mass is 10.1. The number of fused-ring (bicyclic) bond motifs is 1. The Morgan fingerprint density at radius 3 is 3.12 bits per heavy atom. The molecule has 0 amide bonds. The number of ether oxygens (including phenoxy) is 1. The molecule has 5 nitrogen and oxygen atoms in total. The molecule has 0 fully saturated rings. The summed E-state index contributed by atoms with van der Waals surface area (Å²) in [7, 11) is 1.88. The zero-order chi connectivity index (χ0) is 11.8. The van der Waals surface area contributed by atoms with Gasteiger partial charge < -0.3 is 4.74 Å². The zero-order valence-corrected chi connectivity index (χ0v) is 10.1. The van der Waals surface area contributed by atoms with Gasteiger partial charge >= 0.3 is 0 Å². The summed E-state index contributed by atoms with van der Waals surface area (Å²) in [6, 6.07) is 0. The van der Waals surface area contributed by atoms with Crippen LogP contribution in [0.4, 0.5) is 0 Å². The van der Waals surface area contributed by atoms with E-state index in [9.17, 15) is 0 Å². The maximum Gasteiger partial charge on any atom is 0.223 e. The maximum absolute atomic E-state index is 5.84. The number of aromatic nitrogens is 4. The molecular weight excluding hydrogens is 240 g/mol. The summed E-state index contributed by atoms with van der Waals surface area (Å²) in [5.74, 6) is 0. The summed E-state index contributed by atoms with van der Waals surface area (Å²) in [5, 5.41) is 4.74. The van der Waals surface area contributed by atoms with Crippen LogP contribution in [0.1, 0.15) is 12.1 Å². The van der Waals surface area contributed by atoms with Gasteiger partial charge in [0.05, 0.1) is 19.4 Å². The maximum atomic E-state index is 5.84. The van der Waals surface area contributed by atoms with Gasteiger partial charge in [-0.25, -0.2) is 9.97 Å². The molecule has 0 N–H and O–H groups in total. The van der Waals surface area contributed by atoms with Gasteiger partial charge in [-0.1, -0.05) is 6.08 Å². The highest BCUT2D eigenvalue weighted by Crippen LogP contribution is 2.26. The van der Waals surface area contributed by atoms with Crippen molar-refractivity contribution in [3.63, 3.8) is 0 Å². The smallest absolute Gasteiger partial charge is 0.223 e. The molecule has 88 valence electrons. The monoisotopic (exact) mass is 250 g/mol. The van der Waals surface area contributed by atoms with E-state index in [0.29, 0.717) is 6.61 Å². The molecule has 3 rings (SSSR count). The van der Waals surface area contributed by atoms with E-state index < -0.39 is 0 Å². The van der Waals surface area contributed by atoms with Crippen LogP contribution in [0.25, 0.3) is 16.6 Å². The minimum Gasteiger partial charge on any atom is -0.377 e. The first-order chi connectivity index (χ1) is 8.25. The largest absolute Gasteiger partial charge is 0.377 e. The standard InChI is InChI=1S/C11H11ClN4O/c1-16-8-6-13-11(12)14-10(8)9(15-16)7-2-4-17-5-3-7/h2,6H,3-5H2,1H3. The Morgan fingerprint density at radius 2 is 2.35 bits per heavy atom. The van der Waals surface area contributed by atoms with Crippen LogP contribution in [0.15, 0.2) is 12.3 Å². The van der Waals surface area contributed by atoms with Gasteiger partial charge in [-0.15, -0.1) is 0 Å². The number of aryl methyl sites for hydroxylation is 1. The second kappa shape index (κ2) is 4.09. The number of rotatable bonds is 1. The second-order valence-corrected chi connectivity index (χ2v) is 4.24. The van der Waals surface area contributed by atoms with E-state index >= 15 is 0 Å². The van der Waals surface area contributed by atoms with Gasteiger partial charge in [0.25, 0.3) is 0 Å². The van der Waals surface area contributed by atoms with Crippen molar-refractivity contribution in [3.8, 4) is 0 Å². The highest BCUT2D eigenvalue weighted by atomic mass is 35.5. The summed E-state index contributed by atoms with van der Waals surface area (Å²) >= 11 is 5.84. The van der Waals surface area contributed by atoms with Crippen molar-refractivity contribution in [2.45, 2.75) is 6.42 Å². The van der Waals surface area contributed by atoms with Crippen molar-refractivity contribution < 1.29 is 4.74 Å². The second-order valence-electron chi connectivity index (χ2n) is 3.90. The summed E-state index contributed by atoms with van der Waals surface area (Å²) in [4.78, 5) is 8.24. The van der Waals surface area contributed by atoms with Crippen LogP contribution in [-0.4, -0.2) is 33.0 Å². The Labute approximate surface area is 103 Å². The predicted octanol–water partition coefficient (Wildman–Crippen LogP) is 1.82. The number of hydrogen-bond acceptors (Lipinski definition) is 4. The van der Waals surface area contributed by atoms with E-state index in [1.54, 1.807) is 10.9 Å². The Kier molecular flexibility index (Phi) is 2.57. The molecule has 0 saturated carbocycles. The molecular formula is C11H11ClN4O. The Morgan fingerprint density at radius 1 is 1.47 bits per heavy atom. The van der Waals surface area contributed by atoms with E-state index in [-0.39, 0.29) is 5.28 Å². The molecule has 0 aromatic carbocycles. The van der Waals surface area contributed by atoms with Crippen LogP contribution >= 0.6 is 11.6 Å². The fraction of sp³-hybridized carbons (Fsp3) is 0.364. The van der Waals surface area contributed by atoms with Crippen LogP contribution in [0, 0.1) is 0 Å². The van der Waals surface area contributed by atoms with Crippen molar-refractivity contribution >= 4 is 28.2 Å². The van der Waals surface area contributed by atoms with E-state index in [4.69, 9.17) is 16.3 Å². The topological polar surface area (TPSA) is 52.8 Å². The van der Waals surface area contributed by atoms with Gasteiger partial charge in [0.2, 0.25) is 5.28 Å². The van der Waals surface area contributed by atoms with E-state index in [2.05, 4.69) is 15.1 Å². The number of nitrogens with zero attached hydrogens (tertiary/aromatic N) is 4. The van der Waals surface area contributed by atoms with Gasteiger partial charge in [-0.05, 0) is 23.6 Å². The lowest BCUT2D eigenvalue weighted by Gasteiger charge is -2.11. The van der Waals surface area contributed by atoms with E-state index in [1.165, 1.54) is 0 Å². The molecule has 1 aliphatic heterocycles. The summed E-state index contributed by atoms with van der Waals surface area (Å²) in [5.41, 5.74) is 3.74. The fourth-order valence-electron chi connectivity index (χ4n) is 1.97. The first-order valence-corrected chi connectivity index (χ1v) is 5.76. The third-order valence-electron chi connectivity index (χ3n) is 2.83. The highest BCUT2D eigenvalue weighted by molar-refractivity contribution is 6.28. The van der Waals surface area contributed by atoms with Gasteiger partial charge in [-0.2, -0.15) is 5.10 Å². The molecule has 2 aromatic rings. The molecule has 0 spiro atoms. The van der Waals surface area contributed by atoms with Gasteiger partial charge in [0, 0.05) is 7.05 Å².